The normalized spacial score (nSPS) is 11.7. The Hall–Kier alpha value is -3.10. The molecule has 0 N–H and O–H groups in total. The molecule has 0 aliphatic heterocycles. The number of hydrogen-bond acceptors (Lipinski definition) is 6. The fourth-order valence-electron chi connectivity index (χ4n) is 3.09. The van der Waals surface area contributed by atoms with Crippen molar-refractivity contribution in [2.24, 2.45) is 0 Å². The average molecular weight is 434 g/mol. The van der Waals surface area contributed by atoms with Gasteiger partial charge in [-0.15, -0.1) is 0 Å². The summed E-state index contributed by atoms with van der Waals surface area (Å²) in [5.74, 6) is 0.673. The summed E-state index contributed by atoms with van der Waals surface area (Å²) in [6, 6.07) is 13.1. The van der Waals surface area contributed by atoms with Gasteiger partial charge in [-0.1, -0.05) is 25.7 Å². The maximum atomic E-state index is 5.84. The van der Waals surface area contributed by atoms with Gasteiger partial charge in [0.2, 0.25) is 0 Å². The summed E-state index contributed by atoms with van der Waals surface area (Å²) >= 11 is 0. The van der Waals surface area contributed by atoms with Crippen molar-refractivity contribution in [1.82, 2.24) is 24.7 Å². The predicted octanol–water partition coefficient (Wildman–Crippen LogP) is 5.30. The molecule has 8 heteroatoms. The van der Waals surface area contributed by atoms with E-state index in [2.05, 4.69) is 39.7 Å². The fourth-order valence-corrected chi connectivity index (χ4v) is 3.84. The monoisotopic (exact) mass is 433 g/mol. The lowest BCUT2D eigenvalue weighted by atomic mass is 10.2. The molecule has 1 aromatic carbocycles. The molecule has 3 aromatic heterocycles. The van der Waals surface area contributed by atoms with Crippen LogP contribution >= 0.6 is 0 Å². The second-order valence-corrected chi connectivity index (χ2v) is 14.3. The van der Waals surface area contributed by atoms with Crippen molar-refractivity contribution < 1.29 is 9.47 Å². The summed E-state index contributed by atoms with van der Waals surface area (Å²) in [7, 11) is -1.11. The maximum absolute atomic E-state index is 5.84. The Bertz CT molecular complexity index is 1170. The number of ether oxygens (including phenoxy) is 2. The second-order valence-electron chi connectivity index (χ2n) is 8.73. The van der Waals surface area contributed by atoms with E-state index in [9.17, 15) is 0 Å². The lowest BCUT2D eigenvalue weighted by Crippen LogP contribution is -2.22. The molecule has 4 aromatic rings. The van der Waals surface area contributed by atoms with Gasteiger partial charge >= 0.3 is 6.01 Å². The van der Waals surface area contributed by atoms with Gasteiger partial charge in [0.05, 0.1) is 11.2 Å². The topological polar surface area (TPSA) is 75.0 Å². The van der Waals surface area contributed by atoms with Crippen LogP contribution in [-0.4, -0.2) is 39.4 Å². The first-order valence-electron chi connectivity index (χ1n) is 10.3. The van der Waals surface area contributed by atoms with Gasteiger partial charge in [0.1, 0.15) is 12.5 Å². The van der Waals surface area contributed by atoms with E-state index in [1.807, 2.05) is 48.0 Å². The van der Waals surface area contributed by atoms with Gasteiger partial charge < -0.3 is 9.47 Å². The van der Waals surface area contributed by atoms with Crippen LogP contribution in [0.5, 0.6) is 11.8 Å². The molecule has 0 unspecified atom stereocenters. The number of hydrogen-bond donors (Lipinski definition) is 0. The average Bonchev–Trinajstić information content (AvgIpc) is 3.20. The van der Waals surface area contributed by atoms with E-state index in [1.165, 1.54) is 0 Å². The Balaban J connectivity index is 1.42. The molecule has 0 amide bonds. The SMILES string of the molecule is Cc1ccc2cc(Oc3ncc(-c4ccnn4COCC[Si](C)(C)C)cn3)ccc2n1. The van der Waals surface area contributed by atoms with E-state index in [4.69, 9.17) is 9.47 Å². The third kappa shape index (κ3) is 5.53. The highest BCUT2D eigenvalue weighted by molar-refractivity contribution is 6.76. The molecule has 7 nitrogen and oxygen atoms in total. The van der Waals surface area contributed by atoms with Crippen molar-refractivity contribution in [2.45, 2.75) is 39.3 Å². The standard InChI is InChI=1S/C23H27N5O2Si/c1-17-5-6-18-13-20(7-8-21(18)27-17)30-23-24-14-19(15-25-23)22-9-10-26-28(22)16-29-11-12-31(2,3)4/h5-10,13-15H,11-12,16H2,1-4H3. The Morgan fingerprint density at radius 2 is 1.81 bits per heavy atom. The fraction of sp³-hybridized carbons (Fsp3) is 0.304. The molecular formula is C23H27N5O2Si. The smallest absolute Gasteiger partial charge is 0.321 e. The number of aryl methyl sites for hydroxylation is 1. The molecule has 0 bridgehead atoms. The van der Waals surface area contributed by atoms with Crippen LogP contribution in [0.3, 0.4) is 0 Å². The van der Waals surface area contributed by atoms with Crippen LogP contribution in [0.15, 0.2) is 55.0 Å². The molecule has 0 aliphatic carbocycles. The molecule has 0 radical (unpaired) electrons. The highest BCUT2D eigenvalue weighted by Gasteiger charge is 2.13. The number of benzene rings is 1. The van der Waals surface area contributed by atoms with Crippen LogP contribution in [0.1, 0.15) is 5.69 Å². The van der Waals surface area contributed by atoms with Gasteiger partial charge in [-0.2, -0.15) is 5.10 Å². The highest BCUT2D eigenvalue weighted by Crippen LogP contribution is 2.24. The van der Waals surface area contributed by atoms with Crippen molar-refractivity contribution in [3.05, 3.63) is 60.7 Å². The van der Waals surface area contributed by atoms with E-state index in [-0.39, 0.29) is 0 Å². The van der Waals surface area contributed by atoms with Crippen LogP contribution in [0.25, 0.3) is 22.2 Å². The summed E-state index contributed by atoms with van der Waals surface area (Å²) in [6.07, 6.45) is 5.24. The molecular weight excluding hydrogens is 406 g/mol. The zero-order valence-electron chi connectivity index (χ0n) is 18.4. The summed E-state index contributed by atoms with van der Waals surface area (Å²) < 4.78 is 13.5. The molecule has 0 spiro atoms. The highest BCUT2D eigenvalue weighted by atomic mass is 28.3. The van der Waals surface area contributed by atoms with Gasteiger partial charge in [-0.25, -0.2) is 14.6 Å². The Morgan fingerprint density at radius 3 is 2.58 bits per heavy atom. The largest absolute Gasteiger partial charge is 0.424 e. The Morgan fingerprint density at radius 1 is 1.00 bits per heavy atom. The van der Waals surface area contributed by atoms with Crippen LogP contribution < -0.4 is 4.74 Å². The molecule has 160 valence electrons. The zero-order chi connectivity index (χ0) is 21.8. The molecule has 0 saturated carbocycles. The third-order valence-electron chi connectivity index (χ3n) is 4.86. The quantitative estimate of drug-likeness (QED) is 0.277. The van der Waals surface area contributed by atoms with Crippen molar-refractivity contribution in [3.63, 3.8) is 0 Å². The predicted molar refractivity (Wildman–Crippen MR) is 124 cm³/mol. The van der Waals surface area contributed by atoms with E-state index < -0.39 is 8.07 Å². The summed E-state index contributed by atoms with van der Waals surface area (Å²) in [6.45, 7) is 10.2. The minimum atomic E-state index is -1.11. The molecule has 0 aliphatic rings. The summed E-state index contributed by atoms with van der Waals surface area (Å²) in [5.41, 5.74) is 3.69. The number of fused-ring (bicyclic) bond motifs is 1. The van der Waals surface area contributed by atoms with Crippen molar-refractivity contribution in [1.29, 1.82) is 0 Å². The lowest BCUT2D eigenvalue weighted by molar-refractivity contribution is 0.0798. The van der Waals surface area contributed by atoms with Crippen molar-refractivity contribution >= 4 is 19.0 Å². The molecule has 3 heterocycles. The van der Waals surface area contributed by atoms with E-state index in [1.54, 1.807) is 18.6 Å². The van der Waals surface area contributed by atoms with Crippen molar-refractivity contribution in [2.75, 3.05) is 6.61 Å². The molecule has 4 rings (SSSR count). The van der Waals surface area contributed by atoms with Gasteiger partial charge in [-0.3, -0.25) is 4.98 Å². The number of nitrogens with zero attached hydrogens (tertiary/aromatic N) is 5. The summed E-state index contributed by atoms with van der Waals surface area (Å²) in [5, 5.41) is 5.37. The van der Waals surface area contributed by atoms with Crippen molar-refractivity contribution in [3.8, 4) is 23.0 Å². The van der Waals surface area contributed by atoms with Gasteiger partial charge in [-0.05, 0) is 43.3 Å². The van der Waals surface area contributed by atoms with Crippen LogP contribution in [-0.2, 0) is 11.5 Å². The van der Waals surface area contributed by atoms with Gasteiger partial charge in [0.25, 0.3) is 0 Å². The Kier molecular flexibility index (Phi) is 6.10. The molecule has 31 heavy (non-hydrogen) atoms. The van der Waals surface area contributed by atoms with E-state index >= 15 is 0 Å². The minimum absolute atomic E-state index is 0.292. The lowest BCUT2D eigenvalue weighted by Gasteiger charge is -2.15. The maximum Gasteiger partial charge on any atom is 0.321 e. The van der Waals surface area contributed by atoms with Gasteiger partial charge in [0, 0.05) is 49.9 Å². The minimum Gasteiger partial charge on any atom is -0.424 e. The van der Waals surface area contributed by atoms with Gasteiger partial charge in [0.15, 0.2) is 0 Å². The van der Waals surface area contributed by atoms with Crippen LogP contribution in [0, 0.1) is 6.92 Å². The second kappa shape index (κ2) is 8.95. The molecule has 0 saturated heterocycles. The van der Waals surface area contributed by atoms with Crippen LogP contribution in [0.2, 0.25) is 25.7 Å². The first-order chi connectivity index (χ1) is 14.9. The Labute approximate surface area is 183 Å². The number of aromatic nitrogens is 5. The van der Waals surface area contributed by atoms with E-state index in [0.717, 1.165) is 40.5 Å². The first kappa shape index (κ1) is 21.1. The third-order valence-corrected chi connectivity index (χ3v) is 6.56. The first-order valence-corrected chi connectivity index (χ1v) is 14.1. The number of rotatable bonds is 8. The molecule has 0 fully saturated rings. The van der Waals surface area contributed by atoms with E-state index in [0.29, 0.717) is 18.5 Å². The number of pyridine rings is 1. The summed E-state index contributed by atoms with van der Waals surface area (Å²) in [4.78, 5) is 13.2. The van der Waals surface area contributed by atoms with Crippen LogP contribution in [0.4, 0.5) is 0 Å². The molecule has 0 atom stereocenters. The zero-order valence-corrected chi connectivity index (χ0v) is 19.4.